The van der Waals surface area contributed by atoms with E-state index >= 15 is 0 Å². The Kier molecular flexibility index (Phi) is 5.46. The van der Waals surface area contributed by atoms with Crippen molar-refractivity contribution in [2.75, 3.05) is 7.11 Å². The van der Waals surface area contributed by atoms with Crippen molar-refractivity contribution in [1.82, 2.24) is 0 Å². The summed E-state index contributed by atoms with van der Waals surface area (Å²) in [6.07, 6.45) is 2.84. The van der Waals surface area contributed by atoms with Crippen LogP contribution in [0.4, 0.5) is 0 Å². The second kappa shape index (κ2) is 8.08. The number of cyclic esters (lactones) is 2. The Hall–Kier alpha value is -2.88. The van der Waals surface area contributed by atoms with Gasteiger partial charge < -0.3 is 28.2 Å². The van der Waals surface area contributed by atoms with Crippen molar-refractivity contribution in [1.29, 1.82) is 0 Å². The molecule has 0 amide bonds. The Morgan fingerprint density at radius 3 is 2.46 bits per heavy atom. The molecule has 212 valence electrons. The summed E-state index contributed by atoms with van der Waals surface area (Å²) in [6.45, 7) is 11.5. The zero-order valence-electron chi connectivity index (χ0n) is 23.6. The third-order valence-electron chi connectivity index (χ3n) is 11.0. The SMILES string of the molecule is CO/N=C1\C[C@H]2C(C)(C)OC(=O)C[C@H](OC(C)=O)[C@]2(C)[C@H]2CC[C@@]3(C)[C@@H](c4ccoc4)OC(=O)[C@H]4O[C@]43[C@]12C. The van der Waals surface area contributed by atoms with Gasteiger partial charge in [0.2, 0.25) is 0 Å². The quantitative estimate of drug-likeness (QED) is 0.239. The molecule has 2 aliphatic carbocycles. The van der Waals surface area contributed by atoms with Crippen LogP contribution in [0.1, 0.15) is 78.9 Å². The molecule has 1 aromatic rings. The minimum Gasteiger partial charge on any atom is -0.472 e. The molecule has 0 unspecified atom stereocenters. The van der Waals surface area contributed by atoms with Crippen molar-refractivity contribution < 1.29 is 42.6 Å². The van der Waals surface area contributed by atoms with Gasteiger partial charge in [-0.2, -0.15) is 0 Å². The molecule has 5 aliphatic rings. The van der Waals surface area contributed by atoms with Crippen molar-refractivity contribution in [3.05, 3.63) is 24.2 Å². The number of nitrogens with zero attached hydrogens (tertiary/aromatic N) is 1. The van der Waals surface area contributed by atoms with E-state index in [2.05, 4.69) is 25.9 Å². The summed E-state index contributed by atoms with van der Waals surface area (Å²) in [5, 5.41) is 4.59. The Labute approximate surface area is 227 Å². The lowest BCUT2D eigenvalue weighted by Crippen LogP contribution is -2.72. The Morgan fingerprint density at radius 1 is 1.08 bits per heavy atom. The zero-order chi connectivity index (χ0) is 28.2. The van der Waals surface area contributed by atoms with E-state index in [0.29, 0.717) is 19.3 Å². The second-order valence-electron chi connectivity index (χ2n) is 13.0. The van der Waals surface area contributed by atoms with Crippen molar-refractivity contribution >= 4 is 23.6 Å². The number of ether oxygens (including phenoxy) is 4. The summed E-state index contributed by atoms with van der Waals surface area (Å²) in [6, 6.07) is 1.82. The van der Waals surface area contributed by atoms with Crippen LogP contribution < -0.4 is 0 Å². The van der Waals surface area contributed by atoms with Gasteiger partial charge in [0.05, 0.1) is 24.7 Å². The third kappa shape index (κ3) is 3.12. The van der Waals surface area contributed by atoms with Gasteiger partial charge in [0, 0.05) is 34.7 Å². The van der Waals surface area contributed by atoms with Crippen molar-refractivity contribution in [2.24, 2.45) is 33.2 Å². The van der Waals surface area contributed by atoms with E-state index in [0.717, 1.165) is 11.3 Å². The largest absolute Gasteiger partial charge is 0.472 e. The van der Waals surface area contributed by atoms with Crippen molar-refractivity contribution in [3.63, 3.8) is 0 Å². The van der Waals surface area contributed by atoms with E-state index in [1.807, 2.05) is 19.9 Å². The molecule has 2 saturated carbocycles. The Morgan fingerprint density at radius 2 is 1.82 bits per heavy atom. The van der Waals surface area contributed by atoms with Gasteiger partial charge in [0.1, 0.15) is 30.5 Å². The average Bonchev–Trinajstić information content (AvgIpc) is 3.43. The molecule has 39 heavy (non-hydrogen) atoms. The molecule has 1 spiro atoms. The van der Waals surface area contributed by atoms with Crippen LogP contribution in [0.5, 0.6) is 0 Å². The molecule has 4 heterocycles. The fraction of sp³-hybridized carbons (Fsp3) is 0.724. The van der Waals surface area contributed by atoms with Gasteiger partial charge in [0.15, 0.2) is 6.10 Å². The number of rotatable bonds is 3. The van der Waals surface area contributed by atoms with Crippen molar-refractivity contribution in [2.45, 2.75) is 96.7 Å². The molecule has 0 radical (unpaired) electrons. The highest BCUT2D eigenvalue weighted by atomic mass is 16.7. The molecule has 10 heteroatoms. The lowest BCUT2D eigenvalue weighted by Gasteiger charge is -2.66. The maximum atomic E-state index is 13.4. The maximum Gasteiger partial charge on any atom is 0.339 e. The van der Waals surface area contributed by atoms with Crippen LogP contribution in [0.25, 0.3) is 0 Å². The van der Waals surface area contributed by atoms with E-state index in [1.54, 1.807) is 12.5 Å². The highest BCUT2D eigenvalue weighted by molar-refractivity contribution is 5.96. The topological polar surface area (TPSA) is 126 Å². The zero-order valence-corrected chi connectivity index (χ0v) is 23.6. The number of fused-ring (bicyclic) bond motifs is 3. The summed E-state index contributed by atoms with van der Waals surface area (Å²) in [5.74, 6) is -1.71. The molecular formula is C29H37NO9. The minimum absolute atomic E-state index is 0.0480. The van der Waals surface area contributed by atoms with Gasteiger partial charge in [-0.1, -0.05) is 25.9 Å². The summed E-state index contributed by atoms with van der Waals surface area (Å²) < 4.78 is 29.9. The second-order valence-corrected chi connectivity index (χ2v) is 13.0. The molecule has 3 saturated heterocycles. The lowest BCUT2D eigenvalue weighted by atomic mass is 9.36. The van der Waals surface area contributed by atoms with E-state index < -0.39 is 63.7 Å². The van der Waals surface area contributed by atoms with Crippen LogP contribution in [-0.2, 0) is 38.2 Å². The first-order chi connectivity index (χ1) is 18.3. The van der Waals surface area contributed by atoms with Crippen LogP contribution in [0.3, 0.4) is 0 Å². The van der Waals surface area contributed by atoms with Gasteiger partial charge in [-0.3, -0.25) is 9.59 Å². The molecule has 0 N–H and O–H groups in total. The van der Waals surface area contributed by atoms with Crippen LogP contribution in [0.2, 0.25) is 0 Å². The predicted molar refractivity (Wildman–Crippen MR) is 135 cm³/mol. The van der Waals surface area contributed by atoms with Gasteiger partial charge in [-0.05, 0) is 45.1 Å². The predicted octanol–water partition coefficient (Wildman–Crippen LogP) is 4.12. The molecule has 3 aliphatic heterocycles. The molecule has 5 fully saturated rings. The number of carbonyl (C=O) groups is 3. The Bertz CT molecular complexity index is 1260. The number of carbonyl (C=O) groups excluding carboxylic acids is 3. The van der Waals surface area contributed by atoms with Gasteiger partial charge in [0.25, 0.3) is 0 Å². The summed E-state index contributed by atoms with van der Waals surface area (Å²) in [4.78, 5) is 44.2. The molecule has 0 aromatic carbocycles. The van der Waals surface area contributed by atoms with Crippen LogP contribution >= 0.6 is 0 Å². The van der Waals surface area contributed by atoms with Gasteiger partial charge in [-0.15, -0.1) is 0 Å². The number of hydrogen-bond acceptors (Lipinski definition) is 10. The molecule has 10 nitrogen and oxygen atoms in total. The summed E-state index contributed by atoms with van der Waals surface area (Å²) >= 11 is 0. The van der Waals surface area contributed by atoms with Gasteiger partial charge in [-0.25, -0.2) is 4.79 Å². The number of esters is 3. The number of oxime groups is 1. The number of hydrogen-bond donors (Lipinski definition) is 0. The summed E-state index contributed by atoms with van der Waals surface area (Å²) in [7, 11) is 1.51. The fourth-order valence-corrected chi connectivity index (χ4v) is 9.51. The minimum atomic E-state index is -0.951. The molecule has 6 rings (SSSR count). The first-order valence-corrected chi connectivity index (χ1v) is 13.7. The van der Waals surface area contributed by atoms with Gasteiger partial charge >= 0.3 is 17.9 Å². The first kappa shape index (κ1) is 26.3. The lowest BCUT2D eigenvalue weighted by molar-refractivity contribution is -0.215. The maximum absolute atomic E-state index is 13.4. The fourth-order valence-electron chi connectivity index (χ4n) is 9.51. The standard InChI is InChI=1S/C29H37NO9/c1-15(31)36-20-13-21(32)38-25(2,3)18-12-19(30-34-7)28(6)17(27(18,20)5)8-10-26(4)22(16-9-11-35-14-16)37-24(33)23-29(26,28)39-23/h9,11,14,17-18,20,22-23H,8,10,12-13H2,1-7H3/b30-19+/t17-,18+,20+,22-,23-,26+,27-,28+,29-/m1/s1. The number of epoxide rings is 1. The summed E-state index contributed by atoms with van der Waals surface area (Å²) in [5.41, 5.74) is -2.42. The van der Waals surface area contributed by atoms with Crippen LogP contribution in [0.15, 0.2) is 28.2 Å². The van der Waals surface area contributed by atoms with Crippen LogP contribution in [-0.4, -0.2) is 54.1 Å². The Balaban J connectivity index is 1.58. The van der Waals surface area contributed by atoms with E-state index in [9.17, 15) is 14.4 Å². The molecular weight excluding hydrogens is 506 g/mol. The normalized spacial score (nSPS) is 46.8. The van der Waals surface area contributed by atoms with E-state index in [1.165, 1.54) is 14.0 Å². The molecule has 9 atom stereocenters. The molecule has 0 bridgehead atoms. The smallest absolute Gasteiger partial charge is 0.339 e. The van der Waals surface area contributed by atoms with Crippen LogP contribution in [0, 0.1) is 28.1 Å². The van der Waals surface area contributed by atoms with Crippen molar-refractivity contribution in [3.8, 4) is 0 Å². The highest BCUT2D eigenvalue weighted by Gasteiger charge is 2.88. The monoisotopic (exact) mass is 543 g/mol. The first-order valence-electron chi connectivity index (χ1n) is 13.7. The number of furan rings is 1. The van der Waals surface area contributed by atoms with E-state index in [-0.39, 0.29) is 18.3 Å². The average molecular weight is 544 g/mol. The van der Waals surface area contributed by atoms with E-state index in [4.69, 9.17) is 28.2 Å². The molecule has 1 aromatic heterocycles. The highest BCUT2D eigenvalue weighted by Crippen LogP contribution is 2.79. The third-order valence-corrected chi connectivity index (χ3v) is 11.0.